The van der Waals surface area contributed by atoms with Crippen LogP contribution >= 0.6 is 11.6 Å². The molecule has 17 heteroatoms. The van der Waals surface area contributed by atoms with Crippen LogP contribution < -0.4 is 36.5 Å². The number of pyridine rings is 1. The summed E-state index contributed by atoms with van der Waals surface area (Å²) in [4.78, 5) is 49.3. The SMILES string of the molecule is CC1CC2(CCC1Nc1cccc3c(C4CCC(=O)NC4=O)nn(C)c13)CN(c1ncc(Cl)c(Nc3ccc4c(c3)c3c(c(=O)n4C)OCC(F)(F)C(C4CC4)N3)n1)C2. The van der Waals surface area contributed by atoms with Crippen molar-refractivity contribution in [3.05, 3.63) is 63.7 Å². The van der Waals surface area contributed by atoms with Crippen molar-refractivity contribution in [3.8, 4) is 5.75 Å². The highest BCUT2D eigenvalue weighted by atomic mass is 35.5. The smallest absolute Gasteiger partial charge is 0.301 e. The number of aryl methyl sites for hydroxylation is 2. The van der Waals surface area contributed by atoms with E-state index in [1.807, 2.05) is 23.9 Å². The van der Waals surface area contributed by atoms with Gasteiger partial charge in [-0.25, -0.2) is 13.8 Å². The first-order valence-electron chi connectivity index (χ1n) is 20.3. The number of carbonyl (C=O) groups is 2. The molecule has 4 atom stereocenters. The van der Waals surface area contributed by atoms with Crippen molar-refractivity contribution in [1.29, 1.82) is 0 Å². The van der Waals surface area contributed by atoms with Gasteiger partial charge < -0.3 is 30.2 Å². The number of benzene rings is 2. The molecular weight excluding hydrogens is 782 g/mol. The number of ether oxygens (including phenoxy) is 1. The van der Waals surface area contributed by atoms with Gasteiger partial charge in [-0.3, -0.25) is 24.4 Å². The van der Waals surface area contributed by atoms with Crippen molar-refractivity contribution in [2.75, 3.05) is 40.5 Å². The number of aromatic nitrogens is 5. The van der Waals surface area contributed by atoms with Crippen LogP contribution in [0.2, 0.25) is 5.02 Å². The zero-order valence-electron chi connectivity index (χ0n) is 32.9. The predicted molar refractivity (Wildman–Crippen MR) is 221 cm³/mol. The minimum absolute atomic E-state index is 0.112. The third-order valence-corrected chi connectivity index (χ3v) is 13.4. The number of fused-ring (bicyclic) bond motifs is 4. The third-order valence-electron chi connectivity index (χ3n) is 13.2. The molecule has 0 radical (unpaired) electrons. The molecule has 2 saturated carbocycles. The molecule has 3 aromatic heterocycles. The monoisotopic (exact) mass is 826 g/mol. The Morgan fingerprint density at radius 1 is 1.03 bits per heavy atom. The molecule has 14 nitrogen and oxygen atoms in total. The molecule has 5 aromatic rings. The quantitative estimate of drug-likeness (QED) is 0.134. The molecule has 4 N–H and O–H groups in total. The summed E-state index contributed by atoms with van der Waals surface area (Å²) in [6.45, 7) is 3.05. The van der Waals surface area contributed by atoms with Crippen LogP contribution in [0.4, 0.5) is 37.6 Å². The van der Waals surface area contributed by atoms with Crippen LogP contribution in [0.15, 0.2) is 47.4 Å². The highest BCUT2D eigenvalue weighted by molar-refractivity contribution is 6.33. The van der Waals surface area contributed by atoms with Crippen molar-refractivity contribution in [2.24, 2.45) is 31.3 Å². The van der Waals surface area contributed by atoms with Crippen molar-refractivity contribution >= 4 is 74.0 Å². The van der Waals surface area contributed by atoms with Crippen molar-refractivity contribution in [2.45, 2.75) is 75.8 Å². The molecule has 6 heterocycles. The Labute approximate surface area is 343 Å². The van der Waals surface area contributed by atoms with Gasteiger partial charge in [-0.15, -0.1) is 0 Å². The number of para-hydroxylation sites is 1. The number of rotatable bonds is 7. The van der Waals surface area contributed by atoms with Crippen LogP contribution in [-0.2, 0) is 23.7 Å². The molecule has 0 bridgehead atoms. The van der Waals surface area contributed by atoms with Gasteiger partial charge in [0.25, 0.3) is 5.56 Å². The fourth-order valence-corrected chi connectivity index (χ4v) is 10.1. The summed E-state index contributed by atoms with van der Waals surface area (Å²) in [5.41, 5.74) is 3.73. The van der Waals surface area contributed by atoms with Gasteiger partial charge in [0.05, 0.1) is 46.3 Å². The summed E-state index contributed by atoms with van der Waals surface area (Å²) in [5.74, 6) is -3.09. The zero-order valence-corrected chi connectivity index (χ0v) is 33.7. The lowest BCUT2D eigenvalue weighted by Gasteiger charge is -2.55. The Bertz CT molecular complexity index is 2620. The second kappa shape index (κ2) is 13.8. The number of alkyl halides is 2. The lowest BCUT2D eigenvalue weighted by Crippen LogP contribution is -2.60. The largest absolute Gasteiger partial charge is 0.480 e. The van der Waals surface area contributed by atoms with E-state index in [1.54, 1.807) is 31.4 Å². The number of nitrogens with one attached hydrogen (secondary N) is 4. The highest BCUT2D eigenvalue weighted by Gasteiger charge is 2.51. The van der Waals surface area contributed by atoms with Crippen molar-refractivity contribution in [1.82, 2.24) is 29.6 Å². The lowest BCUT2D eigenvalue weighted by atomic mass is 9.64. The van der Waals surface area contributed by atoms with E-state index in [2.05, 4.69) is 44.1 Å². The minimum Gasteiger partial charge on any atom is -0.480 e. The molecule has 59 heavy (non-hydrogen) atoms. The molecule has 2 saturated heterocycles. The first kappa shape index (κ1) is 37.7. The average molecular weight is 827 g/mol. The van der Waals surface area contributed by atoms with Gasteiger partial charge in [0.15, 0.2) is 12.4 Å². The van der Waals surface area contributed by atoms with E-state index in [0.717, 1.165) is 48.9 Å². The Morgan fingerprint density at radius 2 is 1.85 bits per heavy atom. The number of anilines is 5. The highest BCUT2D eigenvalue weighted by Crippen LogP contribution is 2.49. The van der Waals surface area contributed by atoms with Crippen molar-refractivity contribution in [3.63, 3.8) is 0 Å². The molecule has 308 valence electrons. The minimum atomic E-state index is -3.13. The molecule has 2 aliphatic carbocycles. The number of carbonyl (C=O) groups excluding carboxylic acids is 2. The number of imide groups is 1. The number of piperidine rings is 1. The lowest BCUT2D eigenvalue weighted by molar-refractivity contribution is -0.134. The maximum Gasteiger partial charge on any atom is 0.301 e. The number of hydrogen-bond acceptors (Lipinski definition) is 11. The average Bonchev–Trinajstić information content (AvgIpc) is 3.99. The Kier molecular flexibility index (Phi) is 8.82. The van der Waals surface area contributed by atoms with Gasteiger partial charge in [0, 0.05) is 61.5 Å². The normalized spacial score (nSPS) is 24.8. The van der Waals surface area contributed by atoms with E-state index in [4.69, 9.17) is 26.4 Å². The molecule has 4 fully saturated rings. The predicted octanol–water partition coefficient (Wildman–Crippen LogP) is 6.46. The van der Waals surface area contributed by atoms with Gasteiger partial charge in [-0.2, -0.15) is 10.1 Å². The maximum atomic E-state index is 15.2. The van der Waals surface area contributed by atoms with E-state index in [9.17, 15) is 14.4 Å². The number of halogens is 3. The van der Waals surface area contributed by atoms with Crippen LogP contribution in [0, 0.1) is 17.3 Å². The van der Waals surface area contributed by atoms with Gasteiger partial charge in [-0.1, -0.05) is 30.7 Å². The summed E-state index contributed by atoms with van der Waals surface area (Å²) in [7, 11) is 3.50. The zero-order chi connectivity index (χ0) is 41.0. The van der Waals surface area contributed by atoms with Gasteiger partial charge >= 0.3 is 5.92 Å². The van der Waals surface area contributed by atoms with Gasteiger partial charge in [-0.05, 0) is 74.6 Å². The Morgan fingerprint density at radius 3 is 2.61 bits per heavy atom. The van der Waals surface area contributed by atoms with Gasteiger partial charge in [0.2, 0.25) is 23.5 Å². The van der Waals surface area contributed by atoms with Crippen LogP contribution in [-0.4, -0.2) is 73.8 Å². The molecule has 10 rings (SSSR count). The second-order valence-electron chi connectivity index (χ2n) is 17.3. The van der Waals surface area contributed by atoms with E-state index >= 15 is 8.78 Å². The molecule has 3 aliphatic heterocycles. The summed E-state index contributed by atoms with van der Waals surface area (Å²) >= 11 is 6.64. The van der Waals surface area contributed by atoms with E-state index < -0.39 is 30.0 Å². The summed E-state index contributed by atoms with van der Waals surface area (Å²) in [6, 6.07) is 10.5. The van der Waals surface area contributed by atoms with Crippen LogP contribution in [0.3, 0.4) is 0 Å². The molecule has 2 aromatic carbocycles. The first-order valence-corrected chi connectivity index (χ1v) is 20.7. The molecular formula is C42H45ClF2N10O4. The maximum absolute atomic E-state index is 15.2. The van der Waals surface area contributed by atoms with Crippen molar-refractivity contribution < 1.29 is 23.1 Å². The summed E-state index contributed by atoms with van der Waals surface area (Å²) in [6.07, 6.45) is 6.76. The number of amides is 2. The van der Waals surface area contributed by atoms with Crippen LogP contribution in [0.25, 0.3) is 21.8 Å². The summed E-state index contributed by atoms with van der Waals surface area (Å²) in [5, 5.41) is 19.2. The first-order chi connectivity index (χ1) is 28.3. The topological polar surface area (TPSA) is 160 Å². The number of nitrogens with zero attached hydrogens (tertiary/aromatic N) is 6. The Balaban J connectivity index is 0.831. The Hall–Kier alpha value is -5.51. The summed E-state index contributed by atoms with van der Waals surface area (Å²) < 4.78 is 39.1. The van der Waals surface area contributed by atoms with E-state index in [1.165, 1.54) is 4.57 Å². The standard InChI is InChI=1S/C42H45ClF2N10O4/c1-21-16-41(14-13-28(21)48-29-6-4-5-24-32(52-54(3)34(24)29)25-10-12-31(56)49-38(25)57)18-55(19-41)40-46-17-27(43)37(51-40)47-23-9-11-30-26(15-23)33-35(39(58)53(30)2)59-20-42(44,45)36(50-33)22-7-8-22/h4-6,9,11,15,17,21-22,25,28,36,48,50H,7-8,10,12-14,16,18-20H2,1-3H3,(H,46,47,51)(H,49,56,57). The van der Waals surface area contributed by atoms with Gasteiger partial charge in [0.1, 0.15) is 5.02 Å². The fourth-order valence-electron chi connectivity index (χ4n) is 9.99. The third kappa shape index (κ3) is 6.50. The van der Waals surface area contributed by atoms with E-state index in [0.29, 0.717) is 70.7 Å². The number of hydrogen-bond donors (Lipinski definition) is 4. The molecule has 4 unspecified atom stereocenters. The van der Waals surface area contributed by atoms with Crippen LogP contribution in [0.5, 0.6) is 5.75 Å². The second-order valence-corrected chi connectivity index (χ2v) is 17.7. The fraction of sp³-hybridized carbons (Fsp3) is 0.476. The van der Waals surface area contributed by atoms with E-state index in [-0.39, 0.29) is 40.6 Å². The molecule has 5 aliphatic rings. The van der Waals surface area contributed by atoms with Crippen LogP contribution in [0.1, 0.15) is 63.5 Å². The molecule has 2 amide bonds. The molecule has 1 spiro atoms.